The molecule has 0 aliphatic carbocycles. The first-order valence-electron chi connectivity index (χ1n) is 5.94. The van der Waals surface area contributed by atoms with Crippen LogP contribution in [-0.4, -0.2) is 43.2 Å². The van der Waals surface area contributed by atoms with Gasteiger partial charge < -0.3 is 19.8 Å². The van der Waals surface area contributed by atoms with Gasteiger partial charge in [0.05, 0.1) is 12.7 Å². The van der Waals surface area contributed by atoms with Gasteiger partial charge in [0.25, 0.3) is 5.91 Å². The molecule has 1 saturated heterocycles. The molecule has 1 aliphatic heterocycles. The molecule has 1 aromatic rings. The van der Waals surface area contributed by atoms with E-state index in [1.807, 2.05) is 13.0 Å². The summed E-state index contributed by atoms with van der Waals surface area (Å²) in [6.07, 6.45) is 0.732. The number of hydrogen-bond acceptors (Lipinski definition) is 4. The van der Waals surface area contributed by atoms with Crippen molar-refractivity contribution in [3.05, 3.63) is 23.7 Å². The Morgan fingerprint density at radius 1 is 1.59 bits per heavy atom. The summed E-state index contributed by atoms with van der Waals surface area (Å²) in [6, 6.07) is 3.57. The second kappa shape index (κ2) is 5.33. The molecular weight excluding hydrogens is 220 g/mol. The molecule has 1 fully saturated rings. The molecule has 2 rings (SSSR count). The van der Waals surface area contributed by atoms with E-state index < -0.39 is 0 Å². The number of nitrogens with two attached hydrogens (primary N) is 1. The van der Waals surface area contributed by atoms with E-state index in [-0.39, 0.29) is 12.0 Å². The molecular formula is C12H18N2O3. The number of hydrogen-bond donors (Lipinski definition) is 1. The summed E-state index contributed by atoms with van der Waals surface area (Å²) in [5.74, 6) is 1.16. The van der Waals surface area contributed by atoms with E-state index in [2.05, 4.69) is 0 Å². The number of carbonyl (C=O) groups excluding carboxylic acids is 1. The zero-order valence-electron chi connectivity index (χ0n) is 10.0. The van der Waals surface area contributed by atoms with Crippen LogP contribution >= 0.6 is 0 Å². The van der Waals surface area contributed by atoms with Gasteiger partial charge in [0.1, 0.15) is 5.76 Å². The van der Waals surface area contributed by atoms with Crippen molar-refractivity contribution in [2.75, 3.05) is 26.2 Å². The van der Waals surface area contributed by atoms with Crippen molar-refractivity contribution in [1.29, 1.82) is 0 Å². The first kappa shape index (κ1) is 12.1. The molecule has 0 bridgehead atoms. The van der Waals surface area contributed by atoms with Crippen molar-refractivity contribution in [2.24, 2.45) is 5.73 Å². The second-order valence-electron chi connectivity index (χ2n) is 4.10. The fraction of sp³-hybridized carbons (Fsp3) is 0.583. The van der Waals surface area contributed by atoms with Gasteiger partial charge in [-0.05, 0) is 12.1 Å². The minimum atomic E-state index is -0.0774. The van der Waals surface area contributed by atoms with Crippen LogP contribution in [0.4, 0.5) is 0 Å². The highest BCUT2D eigenvalue weighted by Crippen LogP contribution is 2.13. The van der Waals surface area contributed by atoms with Crippen molar-refractivity contribution in [1.82, 2.24) is 4.90 Å². The molecule has 1 amide bonds. The normalized spacial score (nSPS) is 20.6. The third-order valence-corrected chi connectivity index (χ3v) is 2.91. The van der Waals surface area contributed by atoms with Gasteiger partial charge in [0.2, 0.25) is 0 Å². The Morgan fingerprint density at radius 2 is 2.41 bits per heavy atom. The summed E-state index contributed by atoms with van der Waals surface area (Å²) >= 11 is 0. The molecule has 0 aromatic carbocycles. The lowest BCUT2D eigenvalue weighted by Crippen LogP contribution is -2.48. The van der Waals surface area contributed by atoms with Crippen LogP contribution in [0.5, 0.6) is 0 Å². The summed E-state index contributed by atoms with van der Waals surface area (Å²) in [5, 5.41) is 0. The van der Waals surface area contributed by atoms with Crippen molar-refractivity contribution in [3.8, 4) is 0 Å². The lowest BCUT2D eigenvalue weighted by atomic mass is 10.2. The molecule has 0 saturated carbocycles. The predicted molar refractivity (Wildman–Crippen MR) is 62.8 cm³/mol. The highest BCUT2D eigenvalue weighted by Gasteiger charge is 2.25. The monoisotopic (exact) mass is 238 g/mol. The molecule has 5 nitrogen and oxygen atoms in total. The van der Waals surface area contributed by atoms with E-state index >= 15 is 0 Å². The third-order valence-electron chi connectivity index (χ3n) is 2.91. The van der Waals surface area contributed by atoms with Crippen LogP contribution in [0, 0.1) is 0 Å². The van der Waals surface area contributed by atoms with Gasteiger partial charge in [0, 0.05) is 26.1 Å². The highest BCUT2D eigenvalue weighted by atomic mass is 16.5. The van der Waals surface area contributed by atoms with Gasteiger partial charge in [-0.15, -0.1) is 0 Å². The minimum Gasteiger partial charge on any atom is -0.456 e. The summed E-state index contributed by atoms with van der Waals surface area (Å²) in [6.45, 7) is 4.10. The first-order chi connectivity index (χ1) is 8.24. The van der Waals surface area contributed by atoms with Crippen LogP contribution in [0.15, 0.2) is 16.5 Å². The maximum absolute atomic E-state index is 12.1. The number of nitrogens with zero attached hydrogens (tertiary/aromatic N) is 1. The van der Waals surface area contributed by atoms with Gasteiger partial charge in [-0.2, -0.15) is 0 Å². The Hall–Kier alpha value is -1.33. The molecule has 1 unspecified atom stereocenters. The topological polar surface area (TPSA) is 68.7 Å². The molecule has 2 N–H and O–H groups in total. The van der Waals surface area contributed by atoms with Gasteiger partial charge in [-0.1, -0.05) is 6.92 Å². The van der Waals surface area contributed by atoms with Gasteiger partial charge in [-0.3, -0.25) is 4.79 Å². The molecule has 0 radical (unpaired) electrons. The molecule has 5 heteroatoms. The molecule has 1 atom stereocenters. The van der Waals surface area contributed by atoms with Crippen molar-refractivity contribution in [3.63, 3.8) is 0 Å². The van der Waals surface area contributed by atoms with E-state index in [1.165, 1.54) is 0 Å². The summed E-state index contributed by atoms with van der Waals surface area (Å²) in [5.41, 5.74) is 5.54. The highest BCUT2D eigenvalue weighted by molar-refractivity contribution is 5.91. The number of rotatable bonds is 3. The predicted octanol–water partition coefficient (Wildman–Crippen LogP) is 0.642. The maximum Gasteiger partial charge on any atom is 0.289 e. The number of ether oxygens (including phenoxy) is 1. The number of aryl methyl sites for hydroxylation is 1. The average molecular weight is 238 g/mol. The average Bonchev–Trinajstić information content (AvgIpc) is 2.86. The SMILES string of the molecule is CCc1ccc(C(=O)N2CCOC(CN)C2)o1. The third kappa shape index (κ3) is 2.68. The molecule has 2 heterocycles. The maximum atomic E-state index is 12.1. The van der Waals surface area contributed by atoms with Crippen molar-refractivity contribution < 1.29 is 13.9 Å². The van der Waals surface area contributed by atoms with Crippen LogP contribution in [-0.2, 0) is 11.2 Å². The Morgan fingerprint density at radius 3 is 3.06 bits per heavy atom. The van der Waals surface area contributed by atoms with Gasteiger partial charge in [-0.25, -0.2) is 0 Å². The Balaban J connectivity index is 2.03. The Kier molecular flexibility index (Phi) is 3.81. The van der Waals surface area contributed by atoms with Crippen LogP contribution in [0.25, 0.3) is 0 Å². The molecule has 94 valence electrons. The lowest BCUT2D eigenvalue weighted by molar-refractivity contribution is -0.0178. The number of morpholine rings is 1. The molecule has 0 spiro atoms. The fourth-order valence-corrected chi connectivity index (χ4v) is 1.89. The van der Waals surface area contributed by atoms with Gasteiger partial charge in [0.15, 0.2) is 5.76 Å². The van der Waals surface area contributed by atoms with Crippen LogP contribution in [0.2, 0.25) is 0 Å². The smallest absolute Gasteiger partial charge is 0.289 e. The zero-order chi connectivity index (χ0) is 12.3. The van der Waals surface area contributed by atoms with Crippen molar-refractivity contribution in [2.45, 2.75) is 19.4 Å². The minimum absolute atomic E-state index is 0.0618. The summed E-state index contributed by atoms with van der Waals surface area (Å²) < 4.78 is 10.9. The van der Waals surface area contributed by atoms with E-state index in [9.17, 15) is 4.79 Å². The second-order valence-corrected chi connectivity index (χ2v) is 4.10. The number of carbonyl (C=O) groups is 1. The molecule has 1 aliphatic rings. The van der Waals surface area contributed by atoms with Gasteiger partial charge >= 0.3 is 0 Å². The van der Waals surface area contributed by atoms with E-state index in [1.54, 1.807) is 11.0 Å². The lowest BCUT2D eigenvalue weighted by Gasteiger charge is -2.31. The van der Waals surface area contributed by atoms with E-state index in [0.717, 1.165) is 12.2 Å². The summed E-state index contributed by atoms with van der Waals surface area (Å²) in [7, 11) is 0. The van der Waals surface area contributed by atoms with Crippen LogP contribution in [0.1, 0.15) is 23.2 Å². The fourth-order valence-electron chi connectivity index (χ4n) is 1.89. The first-order valence-corrected chi connectivity index (χ1v) is 5.94. The van der Waals surface area contributed by atoms with Crippen LogP contribution < -0.4 is 5.73 Å². The number of furan rings is 1. The molecule has 17 heavy (non-hydrogen) atoms. The molecule has 1 aromatic heterocycles. The Labute approximate surface area is 101 Å². The van der Waals surface area contributed by atoms with Crippen LogP contribution in [0.3, 0.4) is 0 Å². The Bertz CT molecular complexity index is 389. The summed E-state index contributed by atoms with van der Waals surface area (Å²) in [4.78, 5) is 13.9. The van der Waals surface area contributed by atoms with E-state index in [4.69, 9.17) is 14.9 Å². The number of amides is 1. The largest absolute Gasteiger partial charge is 0.456 e. The van der Waals surface area contributed by atoms with E-state index in [0.29, 0.717) is 32.0 Å². The zero-order valence-corrected chi connectivity index (χ0v) is 10.0. The standard InChI is InChI=1S/C12H18N2O3/c1-2-9-3-4-11(17-9)12(15)14-5-6-16-10(7-13)8-14/h3-4,10H,2,5-8,13H2,1H3. The quantitative estimate of drug-likeness (QED) is 0.839. The van der Waals surface area contributed by atoms with Crippen molar-refractivity contribution >= 4 is 5.91 Å².